The SMILES string of the molecule is CCCC(=S)OC1CCN(C)CC1. The minimum Gasteiger partial charge on any atom is -0.484 e. The third-order valence-electron chi connectivity index (χ3n) is 2.42. The van der Waals surface area contributed by atoms with Crippen LogP contribution in [0.25, 0.3) is 0 Å². The Hall–Kier alpha value is -0.150. The van der Waals surface area contributed by atoms with Crippen LogP contribution >= 0.6 is 12.2 Å². The lowest BCUT2D eigenvalue weighted by Crippen LogP contribution is -2.35. The quantitative estimate of drug-likeness (QED) is 0.650. The van der Waals surface area contributed by atoms with Crippen LogP contribution in [-0.2, 0) is 4.74 Å². The minimum absolute atomic E-state index is 0.384. The second-order valence-electron chi connectivity index (χ2n) is 3.74. The van der Waals surface area contributed by atoms with E-state index >= 15 is 0 Å². The molecule has 0 radical (unpaired) electrons. The zero-order chi connectivity index (χ0) is 9.68. The van der Waals surface area contributed by atoms with Crippen molar-refractivity contribution < 1.29 is 4.74 Å². The topological polar surface area (TPSA) is 12.5 Å². The highest BCUT2D eigenvalue weighted by Crippen LogP contribution is 2.13. The fourth-order valence-corrected chi connectivity index (χ4v) is 1.89. The lowest BCUT2D eigenvalue weighted by Gasteiger charge is -2.29. The van der Waals surface area contributed by atoms with Crippen LogP contribution in [0.2, 0.25) is 0 Å². The van der Waals surface area contributed by atoms with Crippen LogP contribution in [0.15, 0.2) is 0 Å². The molecule has 13 heavy (non-hydrogen) atoms. The first-order chi connectivity index (χ1) is 6.22. The molecule has 0 N–H and O–H groups in total. The summed E-state index contributed by atoms with van der Waals surface area (Å²) in [7, 11) is 2.15. The Balaban J connectivity index is 2.18. The monoisotopic (exact) mass is 201 g/mol. The second-order valence-corrected chi connectivity index (χ2v) is 4.20. The Morgan fingerprint density at radius 3 is 2.62 bits per heavy atom. The zero-order valence-corrected chi connectivity index (χ0v) is 9.40. The third-order valence-corrected chi connectivity index (χ3v) is 2.72. The van der Waals surface area contributed by atoms with Gasteiger partial charge < -0.3 is 9.64 Å². The molecule has 0 atom stereocenters. The molecule has 1 heterocycles. The van der Waals surface area contributed by atoms with E-state index in [-0.39, 0.29) is 0 Å². The summed E-state index contributed by atoms with van der Waals surface area (Å²) in [5, 5.41) is 0.803. The summed E-state index contributed by atoms with van der Waals surface area (Å²) >= 11 is 5.13. The van der Waals surface area contributed by atoms with Gasteiger partial charge in [0.05, 0.1) is 0 Å². The second kappa shape index (κ2) is 5.55. The molecule has 0 unspecified atom stereocenters. The van der Waals surface area contributed by atoms with Gasteiger partial charge in [-0.15, -0.1) is 0 Å². The lowest BCUT2D eigenvalue weighted by atomic mass is 10.1. The molecule has 2 nitrogen and oxygen atoms in total. The van der Waals surface area contributed by atoms with Gasteiger partial charge in [-0.1, -0.05) is 6.92 Å². The van der Waals surface area contributed by atoms with Crippen LogP contribution in [0.1, 0.15) is 32.6 Å². The average Bonchev–Trinajstić information content (AvgIpc) is 2.09. The van der Waals surface area contributed by atoms with Gasteiger partial charge in [0.1, 0.15) is 6.10 Å². The molecule has 0 amide bonds. The van der Waals surface area contributed by atoms with Crippen LogP contribution in [0, 0.1) is 0 Å². The molecule has 0 saturated carbocycles. The van der Waals surface area contributed by atoms with Gasteiger partial charge in [0.2, 0.25) is 0 Å². The van der Waals surface area contributed by atoms with Crippen molar-refractivity contribution in [1.82, 2.24) is 4.90 Å². The Bertz CT molecular complexity index is 164. The molecule has 0 aromatic carbocycles. The summed E-state index contributed by atoms with van der Waals surface area (Å²) in [6.45, 7) is 4.41. The van der Waals surface area contributed by atoms with Crippen molar-refractivity contribution in [3.8, 4) is 0 Å². The first-order valence-electron chi connectivity index (χ1n) is 5.10. The molecule has 76 valence electrons. The normalized spacial score (nSPS) is 20.2. The van der Waals surface area contributed by atoms with Crippen molar-refractivity contribution in [3.05, 3.63) is 0 Å². The fourth-order valence-electron chi connectivity index (χ4n) is 1.55. The molecule has 1 aliphatic heterocycles. The van der Waals surface area contributed by atoms with Crippen LogP contribution in [0.4, 0.5) is 0 Å². The molecular weight excluding hydrogens is 182 g/mol. The van der Waals surface area contributed by atoms with Crippen LogP contribution in [0.3, 0.4) is 0 Å². The summed E-state index contributed by atoms with van der Waals surface area (Å²) in [5.74, 6) is 0. The van der Waals surface area contributed by atoms with Crippen molar-refractivity contribution >= 4 is 17.3 Å². The van der Waals surface area contributed by atoms with Gasteiger partial charge in [0.25, 0.3) is 0 Å². The number of hydrogen-bond acceptors (Lipinski definition) is 3. The maximum absolute atomic E-state index is 5.68. The third kappa shape index (κ3) is 4.05. The molecule has 0 aliphatic carbocycles. The molecule has 0 spiro atoms. The standard InChI is InChI=1S/C10H19NOS/c1-3-4-10(13)12-9-5-7-11(2)8-6-9/h9H,3-8H2,1-2H3. The van der Waals surface area contributed by atoms with E-state index in [9.17, 15) is 0 Å². The average molecular weight is 201 g/mol. The van der Waals surface area contributed by atoms with E-state index in [0.29, 0.717) is 6.10 Å². The predicted molar refractivity (Wildman–Crippen MR) is 59.1 cm³/mol. The Morgan fingerprint density at radius 2 is 2.08 bits per heavy atom. The van der Waals surface area contributed by atoms with E-state index in [0.717, 1.165) is 43.8 Å². The van der Waals surface area contributed by atoms with E-state index in [1.54, 1.807) is 0 Å². The Kier molecular flexibility index (Phi) is 4.67. The van der Waals surface area contributed by atoms with E-state index in [2.05, 4.69) is 18.9 Å². The van der Waals surface area contributed by atoms with Gasteiger partial charge in [-0.3, -0.25) is 0 Å². The Labute approximate surface area is 86.3 Å². The van der Waals surface area contributed by atoms with Gasteiger partial charge in [0, 0.05) is 19.5 Å². The highest BCUT2D eigenvalue weighted by Gasteiger charge is 2.18. The van der Waals surface area contributed by atoms with Crippen LogP contribution in [0.5, 0.6) is 0 Å². The number of hydrogen-bond donors (Lipinski definition) is 0. The molecule has 0 bridgehead atoms. The lowest BCUT2D eigenvalue weighted by molar-refractivity contribution is 0.105. The van der Waals surface area contributed by atoms with Crippen molar-refractivity contribution in [2.24, 2.45) is 0 Å². The number of thiocarbonyl (C=S) groups is 1. The van der Waals surface area contributed by atoms with Crippen molar-refractivity contribution in [2.45, 2.75) is 38.7 Å². The molecule has 1 saturated heterocycles. The smallest absolute Gasteiger partial charge is 0.160 e. The predicted octanol–water partition coefficient (Wildman–Crippen LogP) is 2.22. The maximum atomic E-state index is 5.68. The van der Waals surface area contributed by atoms with Gasteiger partial charge in [-0.25, -0.2) is 0 Å². The largest absolute Gasteiger partial charge is 0.484 e. The highest BCUT2D eigenvalue weighted by atomic mass is 32.1. The van der Waals surface area contributed by atoms with Gasteiger partial charge in [0.15, 0.2) is 5.05 Å². The van der Waals surface area contributed by atoms with E-state index < -0.39 is 0 Å². The maximum Gasteiger partial charge on any atom is 0.160 e. The summed E-state index contributed by atoms with van der Waals surface area (Å²) in [6, 6.07) is 0. The number of nitrogens with zero attached hydrogens (tertiary/aromatic N) is 1. The molecule has 0 aromatic rings. The van der Waals surface area contributed by atoms with Gasteiger partial charge >= 0.3 is 0 Å². The molecule has 1 rings (SSSR count). The summed E-state index contributed by atoms with van der Waals surface area (Å²) in [4.78, 5) is 2.34. The van der Waals surface area contributed by atoms with E-state index in [1.807, 2.05) is 0 Å². The summed E-state index contributed by atoms with van der Waals surface area (Å²) in [5.41, 5.74) is 0. The van der Waals surface area contributed by atoms with Gasteiger partial charge in [-0.2, -0.15) is 0 Å². The van der Waals surface area contributed by atoms with Crippen LogP contribution < -0.4 is 0 Å². The van der Waals surface area contributed by atoms with E-state index in [1.165, 1.54) is 0 Å². The number of ether oxygens (including phenoxy) is 1. The molecule has 0 aromatic heterocycles. The first-order valence-corrected chi connectivity index (χ1v) is 5.51. The highest BCUT2D eigenvalue weighted by molar-refractivity contribution is 7.80. The molecule has 1 aliphatic rings. The summed E-state index contributed by atoms with van der Waals surface area (Å²) < 4.78 is 5.68. The van der Waals surface area contributed by atoms with Crippen molar-refractivity contribution in [2.75, 3.05) is 20.1 Å². The van der Waals surface area contributed by atoms with Crippen molar-refractivity contribution in [3.63, 3.8) is 0 Å². The molecule has 3 heteroatoms. The fraction of sp³-hybridized carbons (Fsp3) is 0.900. The van der Waals surface area contributed by atoms with Crippen molar-refractivity contribution in [1.29, 1.82) is 0 Å². The van der Waals surface area contributed by atoms with Gasteiger partial charge in [-0.05, 0) is 38.5 Å². The van der Waals surface area contributed by atoms with Crippen LogP contribution in [-0.4, -0.2) is 36.2 Å². The number of likely N-dealkylation sites (tertiary alicyclic amines) is 1. The number of rotatable bonds is 3. The number of piperidine rings is 1. The Morgan fingerprint density at radius 1 is 1.46 bits per heavy atom. The molecular formula is C10H19NOS. The van der Waals surface area contributed by atoms with E-state index in [4.69, 9.17) is 17.0 Å². The first kappa shape index (κ1) is 10.9. The minimum atomic E-state index is 0.384. The zero-order valence-electron chi connectivity index (χ0n) is 8.58. The summed E-state index contributed by atoms with van der Waals surface area (Å²) in [6.07, 6.45) is 4.66. The molecule has 1 fully saturated rings.